The monoisotopic (exact) mass is 325 g/mol. The molecule has 2 heterocycles. The zero-order valence-electron chi connectivity index (χ0n) is 13.5. The summed E-state index contributed by atoms with van der Waals surface area (Å²) in [7, 11) is 0. The summed E-state index contributed by atoms with van der Waals surface area (Å²) in [6.45, 7) is 1.59. The number of benzene rings is 1. The van der Waals surface area contributed by atoms with Crippen LogP contribution in [-0.4, -0.2) is 29.8 Å². The molecular weight excluding hydrogens is 305 g/mol. The van der Waals surface area contributed by atoms with Gasteiger partial charge in [0, 0.05) is 18.5 Å². The molecule has 0 spiro atoms. The van der Waals surface area contributed by atoms with Gasteiger partial charge in [-0.3, -0.25) is 0 Å². The van der Waals surface area contributed by atoms with Gasteiger partial charge in [0.2, 0.25) is 0 Å². The summed E-state index contributed by atoms with van der Waals surface area (Å²) in [5.74, 6) is 0.519. The van der Waals surface area contributed by atoms with Gasteiger partial charge in [-0.1, -0.05) is 18.2 Å². The third kappa shape index (κ3) is 3.55. The van der Waals surface area contributed by atoms with E-state index in [1.807, 2.05) is 12.1 Å². The maximum Gasteiger partial charge on any atom is 0.142 e. The van der Waals surface area contributed by atoms with Crippen LogP contribution in [0.4, 0.5) is 10.2 Å². The molecule has 0 aliphatic carbocycles. The minimum absolute atomic E-state index is 0.0683. The van der Waals surface area contributed by atoms with Crippen molar-refractivity contribution in [2.75, 3.05) is 24.6 Å². The molecule has 1 N–H and O–H groups in total. The second-order valence-electron chi connectivity index (χ2n) is 6.48. The molecule has 0 radical (unpaired) electrons. The first-order valence-electron chi connectivity index (χ1n) is 8.12. The van der Waals surface area contributed by atoms with Gasteiger partial charge in [0.25, 0.3) is 0 Å². The Hall–Kier alpha value is -2.45. The molecule has 0 bridgehead atoms. The lowest BCUT2D eigenvalue weighted by Gasteiger charge is -2.42. The number of aliphatic hydroxyl groups excluding tert-OH is 1. The Labute approximate surface area is 141 Å². The van der Waals surface area contributed by atoms with Crippen LogP contribution in [0.2, 0.25) is 0 Å². The smallest absolute Gasteiger partial charge is 0.142 e. The number of nitriles is 1. The molecule has 1 aliphatic heterocycles. The van der Waals surface area contributed by atoms with Gasteiger partial charge in [-0.15, -0.1) is 0 Å². The van der Waals surface area contributed by atoms with E-state index in [4.69, 9.17) is 5.26 Å². The molecule has 1 aromatic carbocycles. The molecule has 0 amide bonds. The van der Waals surface area contributed by atoms with Crippen molar-refractivity contribution in [2.24, 2.45) is 5.41 Å². The average molecular weight is 325 g/mol. The summed E-state index contributed by atoms with van der Waals surface area (Å²) in [6, 6.07) is 13.9. The Kier molecular flexibility index (Phi) is 4.77. The van der Waals surface area contributed by atoms with E-state index in [1.54, 1.807) is 18.2 Å². The third-order valence-electron chi connectivity index (χ3n) is 4.66. The average Bonchev–Trinajstić information content (AvgIpc) is 2.64. The Morgan fingerprint density at radius 3 is 2.75 bits per heavy atom. The Bertz CT molecular complexity index is 741. The molecule has 1 fully saturated rings. The van der Waals surface area contributed by atoms with E-state index in [0.717, 1.165) is 30.8 Å². The largest absolute Gasteiger partial charge is 0.396 e. The van der Waals surface area contributed by atoms with Crippen LogP contribution in [0.3, 0.4) is 0 Å². The maximum atomic E-state index is 13.1. The maximum absolute atomic E-state index is 13.1. The van der Waals surface area contributed by atoms with E-state index >= 15 is 0 Å². The first-order chi connectivity index (χ1) is 11.6. The second-order valence-corrected chi connectivity index (χ2v) is 6.48. The predicted molar refractivity (Wildman–Crippen MR) is 90.0 cm³/mol. The van der Waals surface area contributed by atoms with E-state index in [2.05, 4.69) is 16.0 Å². The normalized spacial score (nSPS) is 20.6. The molecule has 24 heavy (non-hydrogen) atoms. The summed E-state index contributed by atoms with van der Waals surface area (Å²) in [4.78, 5) is 6.50. The second kappa shape index (κ2) is 6.98. The zero-order valence-corrected chi connectivity index (χ0v) is 13.5. The van der Waals surface area contributed by atoms with E-state index in [-0.39, 0.29) is 17.8 Å². The van der Waals surface area contributed by atoms with Crippen molar-refractivity contribution in [3.63, 3.8) is 0 Å². The van der Waals surface area contributed by atoms with E-state index < -0.39 is 0 Å². The number of rotatable bonds is 4. The standard InChI is InChI=1S/C19H20FN3O/c20-16-7-5-15(6-8-16)11-19(14-24)9-2-10-23(13-19)18-4-1-3-17(12-21)22-18/h1,3-8,24H,2,9-11,13-14H2. The number of aliphatic hydroxyl groups is 1. The molecule has 124 valence electrons. The SMILES string of the molecule is N#Cc1cccc(N2CCCC(CO)(Cc3ccc(F)cc3)C2)n1. The highest BCUT2D eigenvalue weighted by Gasteiger charge is 2.35. The van der Waals surface area contributed by atoms with Crippen LogP contribution in [0, 0.1) is 22.6 Å². The van der Waals surface area contributed by atoms with Crippen LogP contribution in [-0.2, 0) is 6.42 Å². The Morgan fingerprint density at radius 1 is 1.25 bits per heavy atom. The lowest BCUT2D eigenvalue weighted by Crippen LogP contribution is -2.47. The fraction of sp³-hybridized carbons (Fsp3) is 0.368. The number of piperidine rings is 1. The highest BCUT2D eigenvalue weighted by Crippen LogP contribution is 2.35. The van der Waals surface area contributed by atoms with E-state index in [1.165, 1.54) is 12.1 Å². The van der Waals surface area contributed by atoms with Gasteiger partial charge >= 0.3 is 0 Å². The fourth-order valence-corrected chi connectivity index (χ4v) is 3.43. The van der Waals surface area contributed by atoms with Crippen LogP contribution in [0.15, 0.2) is 42.5 Å². The summed E-state index contributed by atoms with van der Waals surface area (Å²) in [5, 5.41) is 19.1. The molecule has 2 aromatic rings. The molecule has 1 unspecified atom stereocenters. The van der Waals surface area contributed by atoms with Gasteiger partial charge in [-0.2, -0.15) is 5.26 Å². The molecule has 0 saturated carbocycles. The van der Waals surface area contributed by atoms with Crippen molar-refractivity contribution in [1.29, 1.82) is 5.26 Å². The number of nitrogens with zero attached hydrogens (tertiary/aromatic N) is 3. The number of aromatic nitrogens is 1. The first-order valence-corrected chi connectivity index (χ1v) is 8.12. The summed E-state index contributed by atoms with van der Waals surface area (Å²) in [5.41, 5.74) is 1.14. The number of anilines is 1. The van der Waals surface area contributed by atoms with E-state index in [0.29, 0.717) is 18.7 Å². The highest BCUT2D eigenvalue weighted by atomic mass is 19.1. The van der Waals surface area contributed by atoms with Gasteiger partial charge in [-0.05, 0) is 49.1 Å². The van der Waals surface area contributed by atoms with Crippen molar-refractivity contribution in [3.05, 3.63) is 59.5 Å². The van der Waals surface area contributed by atoms with Crippen LogP contribution >= 0.6 is 0 Å². The van der Waals surface area contributed by atoms with Gasteiger partial charge in [0.05, 0.1) is 6.61 Å². The van der Waals surface area contributed by atoms with Crippen LogP contribution in [0.25, 0.3) is 0 Å². The molecule has 3 rings (SSSR count). The first kappa shape index (κ1) is 16.4. The van der Waals surface area contributed by atoms with Crippen molar-refractivity contribution >= 4 is 5.82 Å². The highest BCUT2D eigenvalue weighted by molar-refractivity contribution is 5.42. The van der Waals surface area contributed by atoms with Gasteiger partial charge in [0.1, 0.15) is 23.4 Å². The summed E-state index contributed by atoms with van der Waals surface area (Å²) >= 11 is 0. The Balaban J connectivity index is 1.81. The molecule has 1 saturated heterocycles. The lowest BCUT2D eigenvalue weighted by atomic mass is 9.75. The molecular formula is C19H20FN3O. The molecule has 4 nitrogen and oxygen atoms in total. The number of halogens is 1. The quantitative estimate of drug-likeness (QED) is 0.939. The molecule has 1 atom stereocenters. The van der Waals surface area contributed by atoms with Gasteiger partial charge in [0.15, 0.2) is 0 Å². The van der Waals surface area contributed by atoms with Crippen LogP contribution in [0.1, 0.15) is 24.1 Å². The van der Waals surface area contributed by atoms with E-state index in [9.17, 15) is 9.50 Å². The number of hydrogen-bond donors (Lipinski definition) is 1. The molecule has 1 aliphatic rings. The topological polar surface area (TPSA) is 60.2 Å². The van der Waals surface area contributed by atoms with Crippen molar-refractivity contribution in [1.82, 2.24) is 4.98 Å². The van der Waals surface area contributed by atoms with Crippen molar-refractivity contribution in [2.45, 2.75) is 19.3 Å². The predicted octanol–water partition coefficient (Wildman–Crippen LogP) is 2.91. The fourth-order valence-electron chi connectivity index (χ4n) is 3.43. The van der Waals surface area contributed by atoms with Crippen molar-refractivity contribution in [3.8, 4) is 6.07 Å². The lowest BCUT2D eigenvalue weighted by molar-refractivity contribution is 0.105. The van der Waals surface area contributed by atoms with Crippen LogP contribution < -0.4 is 4.90 Å². The minimum atomic E-state index is -0.277. The third-order valence-corrected chi connectivity index (χ3v) is 4.66. The number of pyridine rings is 1. The van der Waals surface area contributed by atoms with Crippen LogP contribution in [0.5, 0.6) is 0 Å². The number of hydrogen-bond acceptors (Lipinski definition) is 4. The molecule has 1 aromatic heterocycles. The summed E-state index contributed by atoms with van der Waals surface area (Å²) < 4.78 is 13.1. The summed E-state index contributed by atoms with van der Waals surface area (Å²) in [6.07, 6.45) is 2.55. The van der Waals surface area contributed by atoms with Gasteiger partial charge < -0.3 is 10.0 Å². The van der Waals surface area contributed by atoms with Crippen molar-refractivity contribution < 1.29 is 9.50 Å². The molecule has 5 heteroatoms. The Morgan fingerprint density at radius 2 is 2.04 bits per heavy atom. The van der Waals surface area contributed by atoms with Gasteiger partial charge in [-0.25, -0.2) is 9.37 Å². The minimum Gasteiger partial charge on any atom is -0.396 e. The zero-order chi connectivity index (χ0) is 17.0.